The molecule has 4 heterocycles. The molecule has 11 heteroatoms. The Bertz CT molecular complexity index is 2030. The summed E-state index contributed by atoms with van der Waals surface area (Å²) in [6.45, 7) is 1.12. The number of ether oxygens (including phenoxy) is 2. The van der Waals surface area contributed by atoms with Gasteiger partial charge in [-0.05, 0) is 80.0 Å². The quantitative estimate of drug-likeness (QED) is 0.253. The second-order valence-corrected chi connectivity index (χ2v) is 13.0. The number of nitrogens with two attached hydrogens (primary N) is 1. The Balaban J connectivity index is 1.24. The van der Waals surface area contributed by atoms with Crippen molar-refractivity contribution in [1.82, 2.24) is 24.0 Å². The molecule has 3 aromatic heterocycles. The average molecular weight is 625 g/mol. The summed E-state index contributed by atoms with van der Waals surface area (Å²) < 4.78 is 30.7. The number of methoxy groups -OCH3 is 2. The Kier molecular flexibility index (Phi) is 6.80. The number of likely N-dealkylation sites (tertiary alicyclic amines) is 1. The standard InChI is InChI=1S/C35H37FN6O4/c1-40-32-26(11-21(13-30(32)46-3)35(44)42-16-20-7-9-27(42)31(20)37)39-34(40)28-12-19-6-8-25(38-33(19)41(28)15-18-4-5-18)23-14-29(45-2)22(17-43)10-24(23)36/h6,8,10-14,18,20,27,31,43H,4-5,7,9,15-17,37H2,1-3H3. The second kappa shape index (κ2) is 10.8. The van der Waals surface area contributed by atoms with Gasteiger partial charge in [-0.3, -0.25) is 4.79 Å². The van der Waals surface area contributed by atoms with E-state index in [4.69, 9.17) is 25.2 Å². The topological polar surface area (TPSA) is 121 Å². The summed E-state index contributed by atoms with van der Waals surface area (Å²) in [6.07, 6.45) is 4.29. The lowest BCUT2D eigenvalue weighted by Crippen LogP contribution is -2.41. The van der Waals surface area contributed by atoms with Gasteiger partial charge < -0.3 is 34.3 Å². The van der Waals surface area contributed by atoms with Crippen LogP contribution in [-0.2, 0) is 20.2 Å². The largest absolute Gasteiger partial charge is 0.496 e. The first-order chi connectivity index (χ1) is 22.3. The van der Waals surface area contributed by atoms with Crippen LogP contribution in [0.3, 0.4) is 0 Å². The zero-order valence-electron chi connectivity index (χ0n) is 26.2. The molecule has 0 spiro atoms. The molecule has 8 rings (SSSR count). The average Bonchev–Trinajstić information content (AvgIpc) is 3.47. The van der Waals surface area contributed by atoms with E-state index in [0.29, 0.717) is 57.8 Å². The summed E-state index contributed by atoms with van der Waals surface area (Å²) in [5, 5.41) is 10.6. The summed E-state index contributed by atoms with van der Waals surface area (Å²) in [7, 11) is 5.06. The molecule has 46 heavy (non-hydrogen) atoms. The van der Waals surface area contributed by atoms with E-state index in [0.717, 1.165) is 60.3 Å². The first-order valence-corrected chi connectivity index (χ1v) is 15.9. The molecule has 1 aliphatic heterocycles. The van der Waals surface area contributed by atoms with Gasteiger partial charge in [-0.25, -0.2) is 14.4 Å². The number of imidazole rings is 1. The van der Waals surface area contributed by atoms with Crippen molar-refractivity contribution >= 4 is 28.0 Å². The third kappa shape index (κ3) is 4.47. The van der Waals surface area contributed by atoms with E-state index in [1.54, 1.807) is 19.2 Å². The van der Waals surface area contributed by atoms with E-state index in [-0.39, 0.29) is 24.6 Å². The second-order valence-electron chi connectivity index (χ2n) is 13.0. The normalized spacial score (nSPS) is 20.7. The monoisotopic (exact) mass is 624 g/mol. The Morgan fingerprint density at radius 1 is 1.04 bits per heavy atom. The molecule has 3 N–H and O–H groups in total. The Hall–Kier alpha value is -4.48. The van der Waals surface area contributed by atoms with Crippen LogP contribution < -0.4 is 15.2 Å². The molecule has 238 valence electrons. The molecule has 2 aromatic carbocycles. The number of rotatable bonds is 8. The minimum atomic E-state index is -0.478. The fourth-order valence-corrected chi connectivity index (χ4v) is 7.58. The highest BCUT2D eigenvalue weighted by molar-refractivity contribution is 6.00. The van der Waals surface area contributed by atoms with Crippen LogP contribution in [0.4, 0.5) is 4.39 Å². The van der Waals surface area contributed by atoms with Crippen molar-refractivity contribution in [3.8, 4) is 34.3 Å². The first-order valence-electron chi connectivity index (χ1n) is 15.9. The summed E-state index contributed by atoms with van der Waals surface area (Å²) in [6, 6.07) is 12.5. The maximum absolute atomic E-state index is 15.3. The molecule has 1 amide bonds. The smallest absolute Gasteiger partial charge is 0.254 e. The lowest BCUT2D eigenvalue weighted by Gasteiger charge is -2.27. The number of amides is 1. The van der Waals surface area contributed by atoms with Gasteiger partial charge in [0.1, 0.15) is 28.5 Å². The van der Waals surface area contributed by atoms with Crippen molar-refractivity contribution in [2.24, 2.45) is 24.6 Å². The number of piperidine rings is 1. The van der Waals surface area contributed by atoms with Crippen molar-refractivity contribution in [1.29, 1.82) is 0 Å². The molecule has 3 atom stereocenters. The molecule has 0 radical (unpaired) electrons. The van der Waals surface area contributed by atoms with Gasteiger partial charge in [0, 0.05) is 54.3 Å². The highest BCUT2D eigenvalue weighted by Crippen LogP contribution is 2.41. The lowest BCUT2D eigenvalue weighted by atomic mass is 10.1. The van der Waals surface area contributed by atoms with Gasteiger partial charge in [0.15, 0.2) is 5.82 Å². The number of carbonyl (C=O) groups excluding carboxylic acids is 1. The first kappa shape index (κ1) is 29.0. The van der Waals surface area contributed by atoms with Crippen molar-refractivity contribution in [2.45, 2.75) is 50.9 Å². The van der Waals surface area contributed by atoms with Crippen molar-refractivity contribution in [3.63, 3.8) is 0 Å². The number of aliphatic hydroxyl groups excluding tert-OH is 1. The number of aromatic nitrogens is 4. The summed E-state index contributed by atoms with van der Waals surface area (Å²) in [4.78, 5) is 25.7. The molecule has 3 fully saturated rings. The number of nitrogens with zero attached hydrogens (tertiary/aromatic N) is 5. The minimum absolute atomic E-state index is 0.0366. The fourth-order valence-electron chi connectivity index (χ4n) is 7.58. The van der Waals surface area contributed by atoms with E-state index in [1.165, 1.54) is 13.2 Å². The summed E-state index contributed by atoms with van der Waals surface area (Å²) in [5.74, 6) is 2.08. The zero-order valence-corrected chi connectivity index (χ0v) is 26.2. The number of hydrogen-bond donors (Lipinski definition) is 2. The van der Waals surface area contributed by atoms with Gasteiger partial charge in [-0.2, -0.15) is 0 Å². The number of aliphatic hydroxyl groups is 1. The van der Waals surface area contributed by atoms with Crippen molar-refractivity contribution in [2.75, 3.05) is 20.8 Å². The molecule has 5 aromatic rings. The van der Waals surface area contributed by atoms with Gasteiger partial charge in [-0.15, -0.1) is 0 Å². The number of hydrogen-bond acceptors (Lipinski definition) is 7. The van der Waals surface area contributed by atoms with Crippen molar-refractivity contribution in [3.05, 3.63) is 59.4 Å². The predicted molar refractivity (Wildman–Crippen MR) is 172 cm³/mol. The van der Waals surface area contributed by atoms with Gasteiger partial charge >= 0.3 is 0 Å². The molecule has 10 nitrogen and oxygen atoms in total. The maximum Gasteiger partial charge on any atom is 0.254 e. The van der Waals surface area contributed by atoms with Crippen LogP contribution >= 0.6 is 0 Å². The molecule has 1 saturated heterocycles. The van der Waals surface area contributed by atoms with Crippen molar-refractivity contribution < 1.29 is 23.8 Å². The van der Waals surface area contributed by atoms with Crippen LogP contribution in [0, 0.1) is 17.7 Å². The number of aryl methyl sites for hydroxylation is 1. The van der Waals surface area contributed by atoms with Crippen LogP contribution in [0.25, 0.3) is 44.8 Å². The zero-order chi connectivity index (χ0) is 31.9. The van der Waals surface area contributed by atoms with E-state index >= 15 is 4.39 Å². The highest BCUT2D eigenvalue weighted by atomic mass is 19.1. The minimum Gasteiger partial charge on any atom is -0.496 e. The number of benzene rings is 2. The SMILES string of the molecule is COc1cc(-c2ccc3cc(-c4nc5cc(C(=O)N6CC7CCC6C7N)cc(OC)c5n4C)n(CC4CC4)c3n2)c(F)cc1CO. The molecule has 2 saturated carbocycles. The predicted octanol–water partition coefficient (Wildman–Crippen LogP) is 4.88. The Morgan fingerprint density at radius 3 is 2.52 bits per heavy atom. The number of halogens is 1. The summed E-state index contributed by atoms with van der Waals surface area (Å²) in [5.41, 5.74) is 11.2. The van der Waals surface area contributed by atoms with Crippen LogP contribution in [0.5, 0.6) is 11.5 Å². The van der Waals surface area contributed by atoms with Gasteiger partial charge in [0.05, 0.1) is 37.7 Å². The molecular weight excluding hydrogens is 587 g/mol. The highest BCUT2D eigenvalue weighted by Gasteiger charge is 2.47. The fraction of sp³-hybridized carbons (Fsp3) is 0.400. The van der Waals surface area contributed by atoms with E-state index < -0.39 is 5.82 Å². The van der Waals surface area contributed by atoms with Crippen LogP contribution in [0.1, 0.15) is 41.6 Å². The van der Waals surface area contributed by atoms with E-state index in [9.17, 15) is 9.90 Å². The van der Waals surface area contributed by atoms with Crippen LogP contribution in [0.2, 0.25) is 0 Å². The lowest BCUT2D eigenvalue weighted by molar-refractivity contribution is 0.0700. The van der Waals surface area contributed by atoms with Crippen LogP contribution in [-0.4, -0.2) is 67.9 Å². The summed E-state index contributed by atoms with van der Waals surface area (Å²) >= 11 is 0. The molecular formula is C35H37FN6O4. The Morgan fingerprint density at radius 2 is 1.85 bits per heavy atom. The third-order valence-corrected chi connectivity index (χ3v) is 10.2. The number of carbonyl (C=O) groups is 1. The Labute approximate surface area is 265 Å². The molecule has 2 aliphatic carbocycles. The number of fused-ring (bicyclic) bond motifs is 4. The number of pyridine rings is 1. The molecule has 2 bridgehead atoms. The maximum atomic E-state index is 15.3. The molecule has 3 aliphatic rings. The van der Waals surface area contributed by atoms with Gasteiger partial charge in [0.25, 0.3) is 5.91 Å². The van der Waals surface area contributed by atoms with Gasteiger partial charge in [-0.1, -0.05) is 0 Å². The third-order valence-electron chi connectivity index (χ3n) is 10.2. The van der Waals surface area contributed by atoms with Gasteiger partial charge in [0.2, 0.25) is 0 Å². The van der Waals surface area contributed by atoms with E-state index in [2.05, 4.69) is 10.6 Å². The molecule has 3 unspecified atom stereocenters. The van der Waals surface area contributed by atoms with Crippen LogP contribution in [0.15, 0.2) is 42.5 Å². The van der Waals surface area contributed by atoms with E-state index in [1.807, 2.05) is 34.7 Å².